The summed E-state index contributed by atoms with van der Waals surface area (Å²) in [5.74, 6) is 0.0697. The maximum absolute atomic E-state index is 13.2. The lowest BCUT2D eigenvalue weighted by Crippen LogP contribution is -2.46. The van der Waals surface area contributed by atoms with Gasteiger partial charge in [0.15, 0.2) is 5.76 Å². The Kier molecular flexibility index (Phi) is 9.23. The second kappa shape index (κ2) is 12.7. The van der Waals surface area contributed by atoms with Crippen molar-refractivity contribution in [3.05, 3.63) is 71.5 Å². The highest BCUT2D eigenvalue weighted by molar-refractivity contribution is 7.80. The number of benzene rings is 3. The van der Waals surface area contributed by atoms with Crippen LogP contribution in [-0.2, 0) is 20.8 Å². The van der Waals surface area contributed by atoms with E-state index in [2.05, 4.69) is 5.32 Å². The third-order valence-corrected chi connectivity index (χ3v) is 7.88. The zero-order valence-electron chi connectivity index (χ0n) is 24.5. The van der Waals surface area contributed by atoms with Crippen LogP contribution in [0, 0.1) is 19.8 Å². The van der Waals surface area contributed by atoms with Crippen molar-refractivity contribution in [3.8, 4) is 22.6 Å². The van der Waals surface area contributed by atoms with E-state index in [1.807, 2.05) is 26.0 Å². The van der Waals surface area contributed by atoms with Crippen LogP contribution in [0.1, 0.15) is 35.5 Å². The predicted octanol–water partition coefficient (Wildman–Crippen LogP) is 6.13. The number of anilines is 2. The highest BCUT2D eigenvalue weighted by atomic mass is 32.2. The number of ether oxygens (including phenoxy) is 3. The Balaban J connectivity index is 1.55. The molecule has 222 valence electrons. The zero-order chi connectivity index (χ0) is 30.7. The van der Waals surface area contributed by atoms with Gasteiger partial charge >= 0.3 is 5.97 Å². The molecule has 4 rings (SSSR count). The van der Waals surface area contributed by atoms with Crippen LogP contribution in [0.3, 0.4) is 0 Å². The fourth-order valence-corrected chi connectivity index (χ4v) is 5.74. The van der Waals surface area contributed by atoms with Crippen LogP contribution in [0.4, 0.5) is 11.4 Å². The van der Waals surface area contributed by atoms with Gasteiger partial charge in [-0.25, -0.2) is 9.00 Å². The van der Waals surface area contributed by atoms with Crippen LogP contribution in [0.25, 0.3) is 22.1 Å². The second-order valence-electron chi connectivity index (χ2n) is 10.0. The second-order valence-corrected chi connectivity index (χ2v) is 10.9. The number of nitrogens with zero attached hydrogens (tertiary/aromatic N) is 1. The third kappa shape index (κ3) is 5.83. The van der Waals surface area contributed by atoms with E-state index in [1.165, 1.54) is 7.11 Å². The number of amides is 1. The van der Waals surface area contributed by atoms with Gasteiger partial charge in [0.05, 0.1) is 32.4 Å². The summed E-state index contributed by atoms with van der Waals surface area (Å²) in [6, 6.07) is 15.0. The molecule has 1 aromatic heterocycles. The molecule has 10 nitrogen and oxygen atoms in total. The van der Waals surface area contributed by atoms with Gasteiger partial charge < -0.3 is 23.9 Å². The minimum Gasteiger partial charge on any atom is -0.496 e. The summed E-state index contributed by atoms with van der Waals surface area (Å²) in [7, 11) is 4.37. The lowest BCUT2D eigenvalue weighted by Gasteiger charge is -2.30. The Bertz CT molecular complexity index is 1630. The van der Waals surface area contributed by atoms with E-state index in [9.17, 15) is 18.4 Å². The van der Waals surface area contributed by atoms with Gasteiger partial charge in [0.1, 0.15) is 23.1 Å². The van der Waals surface area contributed by atoms with Crippen LogP contribution >= 0.6 is 0 Å². The summed E-state index contributed by atoms with van der Waals surface area (Å²) < 4.78 is 45.1. The van der Waals surface area contributed by atoms with E-state index in [0.717, 1.165) is 26.4 Å². The summed E-state index contributed by atoms with van der Waals surface area (Å²) in [5.41, 5.74) is 4.62. The highest BCUT2D eigenvalue weighted by Crippen LogP contribution is 2.40. The first-order chi connectivity index (χ1) is 20.0. The first-order valence-corrected chi connectivity index (χ1v) is 14.2. The number of hydrogen-bond donors (Lipinski definition) is 2. The molecule has 0 radical (unpaired) electrons. The zero-order valence-corrected chi connectivity index (χ0v) is 25.3. The Morgan fingerprint density at radius 3 is 1.98 bits per heavy atom. The largest absolute Gasteiger partial charge is 0.496 e. The summed E-state index contributed by atoms with van der Waals surface area (Å²) in [5, 5.41) is 3.60. The molecule has 11 heteroatoms. The number of aryl methyl sites for hydroxylation is 2. The summed E-state index contributed by atoms with van der Waals surface area (Å²) in [4.78, 5) is 25.5. The highest BCUT2D eigenvalue weighted by Gasteiger charge is 2.34. The lowest BCUT2D eigenvalue weighted by atomic mass is 10.0. The van der Waals surface area contributed by atoms with Crippen LogP contribution in [0.5, 0.6) is 11.5 Å². The van der Waals surface area contributed by atoms with Crippen molar-refractivity contribution in [1.82, 2.24) is 0 Å². The quantitative estimate of drug-likeness (QED) is 0.166. The standard InChI is InChI=1S/C31H34N2O8S/c1-17(2)27(31(35)40-7)33(42(36)37)23-14-10-21(11-15-23)20-8-12-22(13-9-20)32-30(34)29-19(4)26-25(39-6)16-24(38-5)18(3)28(26)41-29/h8-17,27H,1-7H3,(H,32,34)(H,36,37). The Labute approximate surface area is 247 Å². The van der Waals surface area contributed by atoms with Crippen molar-refractivity contribution in [3.63, 3.8) is 0 Å². The first kappa shape index (κ1) is 30.6. The van der Waals surface area contributed by atoms with Gasteiger partial charge in [0.25, 0.3) is 17.2 Å². The number of hydrogen-bond acceptors (Lipinski definition) is 7. The third-order valence-electron chi connectivity index (χ3n) is 7.10. The molecule has 0 aliphatic carbocycles. The van der Waals surface area contributed by atoms with Crippen molar-refractivity contribution < 1.29 is 37.0 Å². The van der Waals surface area contributed by atoms with Gasteiger partial charge in [-0.3, -0.25) is 13.7 Å². The molecule has 42 heavy (non-hydrogen) atoms. The van der Waals surface area contributed by atoms with E-state index in [0.29, 0.717) is 34.0 Å². The fourth-order valence-electron chi connectivity index (χ4n) is 4.92. The molecule has 2 atom stereocenters. The molecular weight excluding hydrogens is 560 g/mol. The van der Waals surface area contributed by atoms with Crippen molar-refractivity contribution >= 4 is 45.5 Å². The molecule has 3 aromatic carbocycles. The molecule has 1 heterocycles. The molecule has 0 saturated heterocycles. The number of carbonyl (C=O) groups excluding carboxylic acids is 2. The number of fused-ring (bicyclic) bond motifs is 1. The number of rotatable bonds is 10. The van der Waals surface area contributed by atoms with Crippen LogP contribution in [0.2, 0.25) is 0 Å². The molecular formula is C31H34N2O8S. The average molecular weight is 595 g/mol. The first-order valence-electron chi connectivity index (χ1n) is 13.2. The van der Waals surface area contributed by atoms with E-state index >= 15 is 0 Å². The van der Waals surface area contributed by atoms with E-state index in [4.69, 9.17) is 18.6 Å². The van der Waals surface area contributed by atoms with Gasteiger partial charge in [0, 0.05) is 22.9 Å². The minimum atomic E-state index is -2.44. The van der Waals surface area contributed by atoms with E-state index in [-0.39, 0.29) is 11.7 Å². The number of carbonyl (C=O) groups is 2. The molecule has 4 aromatic rings. The topological polar surface area (TPSA) is 128 Å². The molecule has 2 unspecified atom stereocenters. The molecule has 0 aliphatic heterocycles. The number of furan rings is 1. The average Bonchev–Trinajstić information content (AvgIpc) is 3.33. The lowest BCUT2D eigenvalue weighted by molar-refractivity contribution is -0.142. The van der Waals surface area contributed by atoms with Gasteiger partial charge in [-0.05, 0) is 55.2 Å². The van der Waals surface area contributed by atoms with Crippen molar-refractivity contribution in [1.29, 1.82) is 0 Å². The molecule has 0 bridgehead atoms. The molecule has 0 aliphatic rings. The predicted molar refractivity (Wildman–Crippen MR) is 163 cm³/mol. The maximum atomic E-state index is 13.2. The van der Waals surface area contributed by atoms with Gasteiger partial charge in [-0.1, -0.05) is 38.1 Å². The smallest absolute Gasteiger partial charge is 0.329 e. The minimum absolute atomic E-state index is 0.178. The molecule has 2 N–H and O–H groups in total. The summed E-state index contributed by atoms with van der Waals surface area (Å²) >= 11 is -2.44. The van der Waals surface area contributed by atoms with Crippen molar-refractivity contribution in [2.45, 2.75) is 33.7 Å². The number of nitrogens with one attached hydrogen (secondary N) is 1. The van der Waals surface area contributed by atoms with Gasteiger partial charge in [0.2, 0.25) is 0 Å². The number of methoxy groups -OCH3 is 3. The summed E-state index contributed by atoms with van der Waals surface area (Å²) in [6.07, 6.45) is 0. The Morgan fingerprint density at radius 1 is 0.905 bits per heavy atom. The molecule has 0 saturated carbocycles. The molecule has 0 spiro atoms. The van der Waals surface area contributed by atoms with E-state index < -0.39 is 29.2 Å². The number of esters is 1. The fraction of sp³-hybridized carbons (Fsp3) is 0.290. The van der Waals surface area contributed by atoms with Crippen LogP contribution in [0.15, 0.2) is 59.0 Å². The monoisotopic (exact) mass is 594 g/mol. The molecule has 0 fully saturated rings. The Morgan fingerprint density at radius 2 is 1.48 bits per heavy atom. The van der Waals surface area contributed by atoms with Gasteiger partial charge in [-0.15, -0.1) is 0 Å². The normalized spacial score (nSPS) is 12.6. The van der Waals surface area contributed by atoms with Crippen molar-refractivity contribution in [2.75, 3.05) is 31.0 Å². The molecule has 1 amide bonds. The van der Waals surface area contributed by atoms with Crippen LogP contribution in [-0.4, -0.2) is 48.0 Å². The van der Waals surface area contributed by atoms with Gasteiger partial charge in [-0.2, -0.15) is 0 Å². The Hall–Kier alpha value is -4.35. The van der Waals surface area contributed by atoms with Crippen molar-refractivity contribution in [2.24, 2.45) is 5.92 Å². The summed E-state index contributed by atoms with van der Waals surface area (Å²) in [6.45, 7) is 7.23. The maximum Gasteiger partial charge on any atom is 0.329 e. The SMILES string of the molecule is COC(=O)C(C(C)C)N(c1ccc(-c2ccc(NC(=O)c3oc4c(C)c(OC)cc(OC)c4c3C)cc2)cc1)S(=O)O. The van der Waals surface area contributed by atoms with E-state index in [1.54, 1.807) is 70.5 Å². The van der Waals surface area contributed by atoms with Crippen LogP contribution < -0.4 is 19.1 Å².